The monoisotopic (exact) mass is 430 g/mol. The van der Waals surface area contributed by atoms with Gasteiger partial charge in [0.15, 0.2) is 9.84 Å². The summed E-state index contributed by atoms with van der Waals surface area (Å²) in [6.07, 6.45) is 1.94. The number of anilines is 1. The number of fused-ring (bicyclic) bond motifs is 1. The first-order chi connectivity index (χ1) is 14.3. The number of carbonyl (C=O) groups excluding carboxylic acids is 2. The molecule has 1 aliphatic heterocycles. The molecule has 8 heteroatoms. The average Bonchev–Trinajstić information content (AvgIpc) is 2.82. The topological polar surface area (TPSA) is 104 Å². The van der Waals surface area contributed by atoms with Crippen LogP contribution >= 0.6 is 0 Å². The summed E-state index contributed by atoms with van der Waals surface area (Å²) in [5.74, 6) is -0.680. The summed E-state index contributed by atoms with van der Waals surface area (Å²) in [6, 6.07) is 13.9. The number of rotatable bonds is 7. The zero-order valence-corrected chi connectivity index (χ0v) is 17.7. The molecule has 1 atom stereocenters. The van der Waals surface area contributed by atoms with Gasteiger partial charge in [-0.2, -0.15) is 0 Å². The van der Waals surface area contributed by atoms with Crippen molar-refractivity contribution in [3.63, 3.8) is 0 Å². The maximum Gasteiger partial charge on any atom is 0.243 e. The number of unbranched alkanes of at least 4 members (excludes halogenated alkanes) is 2. The van der Waals surface area contributed by atoms with E-state index in [-0.39, 0.29) is 23.6 Å². The first kappa shape index (κ1) is 22.0. The smallest absolute Gasteiger partial charge is 0.243 e. The number of sulfone groups is 1. The van der Waals surface area contributed by atoms with Gasteiger partial charge in [-0.1, -0.05) is 48.4 Å². The molecule has 1 unspecified atom stereocenters. The van der Waals surface area contributed by atoms with Crippen LogP contribution in [0.25, 0.3) is 0 Å². The number of nitrogens with one attached hydrogen (secondary N) is 1. The molecule has 2 aromatic carbocycles. The summed E-state index contributed by atoms with van der Waals surface area (Å²) in [7, 11) is -3.74. The van der Waals surface area contributed by atoms with E-state index in [1.165, 1.54) is 0 Å². The lowest BCUT2D eigenvalue weighted by Gasteiger charge is -2.22. The lowest BCUT2D eigenvalue weighted by molar-refractivity contribution is -0.129. The first-order valence-corrected chi connectivity index (χ1v) is 11.5. The standard InChI is InChI=1S/C22H26N2O5S/c1-16-10-12-17(13-11-16)20-15-22(26)24(14-6-2-3-9-21(25)23-27)18-7-4-5-8-19(18)30(20,28)29/h4-5,7-8,10-13,20,27H,2-3,6,9,14-15H2,1H3,(H,23,25). The van der Waals surface area contributed by atoms with Crippen LogP contribution in [0.3, 0.4) is 0 Å². The van der Waals surface area contributed by atoms with Crippen molar-refractivity contribution in [2.24, 2.45) is 0 Å². The predicted molar refractivity (Wildman–Crippen MR) is 113 cm³/mol. The number of hydroxylamine groups is 1. The summed E-state index contributed by atoms with van der Waals surface area (Å²) < 4.78 is 26.9. The number of para-hydroxylation sites is 1. The molecule has 30 heavy (non-hydrogen) atoms. The molecule has 0 spiro atoms. The van der Waals surface area contributed by atoms with E-state index >= 15 is 0 Å². The zero-order chi connectivity index (χ0) is 21.7. The fraction of sp³-hybridized carbons (Fsp3) is 0.364. The highest BCUT2D eigenvalue weighted by molar-refractivity contribution is 7.92. The molecule has 0 aromatic heterocycles. The summed E-state index contributed by atoms with van der Waals surface area (Å²) in [5.41, 5.74) is 3.64. The van der Waals surface area contributed by atoms with Crippen LogP contribution < -0.4 is 10.4 Å². The van der Waals surface area contributed by atoms with Gasteiger partial charge in [-0.25, -0.2) is 13.9 Å². The van der Waals surface area contributed by atoms with E-state index in [2.05, 4.69) is 0 Å². The number of hydrogen-bond acceptors (Lipinski definition) is 5. The number of hydrogen-bond donors (Lipinski definition) is 2. The third-order valence-electron chi connectivity index (χ3n) is 5.36. The molecule has 7 nitrogen and oxygen atoms in total. The summed E-state index contributed by atoms with van der Waals surface area (Å²) >= 11 is 0. The van der Waals surface area contributed by atoms with E-state index in [1.807, 2.05) is 19.1 Å². The van der Waals surface area contributed by atoms with E-state index in [0.717, 1.165) is 5.56 Å². The highest BCUT2D eigenvalue weighted by Crippen LogP contribution is 2.40. The van der Waals surface area contributed by atoms with Crippen LogP contribution in [0.1, 0.15) is 48.5 Å². The van der Waals surface area contributed by atoms with Crippen molar-refractivity contribution in [1.29, 1.82) is 0 Å². The average molecular weight is 431 g/mol. The summed E-state index contributed by atoms with van der Waals surface area (Å²) in [6.45, 7) is 2.30. The minimum Gasteiger partial charge on any atom is -0.311 e. The molecular weight excluding hydrogens is 404 g/mol. The van der Waals surface area contributed by atoms with Crippen LogP contribution in [-0.4, -0.2) is 32.0 Å². The van der Waals surface area contributed by atoms with Crippen molar-refractivity contribution in [2.75, 3.05) is 11.4 Å². The second kappa shape index (κ2) is 9.40. The van der Waals surface area contributed by atoms with E-state index in [9.17, 15) is 18.0 Å². The van der Waals surface area contributed by atoms with Crippen LogP contribution in [0.5, 0.6) is 0 Å². The maximum atomic E-state index is 13.4. The fourth-order valence-corrected chi connectivity index (χ4v) is 5.62. The Bertz CT molecular complexity index is 1020. The Morgan fingerprint density at radius 2 is 1.80 bits per heavy atom. The van der Waals surface area contributed by atoms with Gasteiger partial charge in [-0.3, -0.25) is 14.8 Å². The second-order valence-corrected chi connectivity index (χ2v) is 9.61. The Morgan fingerprint density at radius 3 is 2.50 bits per heavy atom. The molecule has 2 aromatic rings. The fourth-order valence-electron chi connectivity index (χ4n) is 3.70. The number of aryl methyl sites for hydroxylation is 1. The third kappa shape index (κ3) is 4.71. The third-order valence-corrected chi connectivity index (χ3v) is 7.50. The Hall–Kier alpha value is -2.71. The van der Waals surface area contributed by atoms with Crippen molar-refractivity contribution in [2.45, 2.75) is 49.2 Å². The van der Waals surface area contributed by atoms with Gasteiger partial charge in [0.2, 0.25) is 11.8 Å². The van der Waals surface area contributed by atoms with Crippen LogP contribution in [-0.2, 0) is 19.4 Å². The van der Waals surface area contributed by atoms with Gasteiger partial charge >= 0.3 is 0 Å². The van der Waals surface area contributed by atoms with Gasteiger partial charge in [0, 0.05) is 19.4 Å². The van der Waals surface area contributed by atoms with Gasteiger partial charge in [0.25, 0.3) is 0 Å². The molecule has 3 rings (SSSR count). The Labute approximate surface area is 176 Å². The first-order valence-electron chi connectivity index (χ1n) is 9.97. The minimum absolute atomic E-state index is 0.118. The van der Waals surface area contributed by atoms with E-state index < -0.39 is 21.0 Å². The minimum atomic E-state index is -3.74. The number of benzene rings is 2. The Morgan fingerprint density at radius 1 is 1.10 bits per heavy atom. The molecule has 160 valence electrons. The van der Waals surface area contributed by atoms with E-state index in [4.69, 9.17) is 5.21 Å². The van der Waals surface area contributed by atoms with Crippen molar-refractivity contribution in [3.8, 4) is 0 Å². The van der Waals surface area contributed by atoms with Crippen LogP contribution in [0.15, 0.2) is 53.4 Å². The quantitative estimate of drug-likeness (QED) is 0.398. The molecule has 0 aliphatic carbocycles. The predicted octanol–water partition coefficient (Wildman–Crippen LogP) is 3.31. The van der Waals surface area contributed by atoms with Gasteiger partial charge in [0.1, 0.15) is 0 Å². The molecule has 1 heterocycles. The normalized spacial score (nSPS) is 17.9. The lowest BCUT2D eigenvalue weighted by Crippen LogP contribution is -2.31. The van der Waals surface area contributed by atoms with Gasteiger partial charge in [-0.15, -0.1) is 0 Å². The van der Waals surface area contributed by atoms with Gasteiger partial charge < -0.3 is 4.90 Å². The molecule has 0 bridgehead atoms. The largest absolute Gasteiger partial charge is 0.311 e. The maximum absolute atomic E-state index is 13.4. The summed E-state index contributed by atoms with van der Waals surface area (Å²) in [4.78, 5) is 25.9. The highest BCUT2D eigenvalue weighted by Gasteiger charge is 2.39. The second-order valence-electron chi connectivity index (χ2n) is 7.51. The van der Waals surface area contributed by atoms with Crippen molar-refractivity contribution < 1.29 is 23.2 Å². The van der Waals surface area contributed by atoms with E-state index in [0.29, 0.717) is 37.1 Å². The number of nitrogens with zero attached hydrogens (tertiary/aromatic N) is 1. The van der Waals surface area contributed by atoms with Crippen LogP contribution in [0, 0.1) is 6.92 Å². The van der Waals surface area contributed by atoms with Crippen LogP contribution in [0.2, 0.25) is 0 Å². The molecule has 0 radical (unpaired) electrons. The van der Waals surface area contributed by atoms with E-state index in [1.54, 1.807) is 46.8 Å². The summed E-state index contributed by atoms with van der Waals surface area (Å²) in [5, 5.41) is 7.62. The number of carbonyl (C=O) groups is 2. The molecule has 2 amide bonds. The van der Waals surface area contributed by atoms with Crippen molar-refractivity contribution >= 4 is 27.3 Å². The van der Waals surface area contributed by atoms with Crippen molar-refractivity contribution in [3.05, 3.63) is 59.7 Å². The Balaban J connectivity index is 1.86. The molecule has 0 fully saturated rings. The SMILES string of the molecule is Cc1ccc(C2CC(=O)N(CCCCCC(=O)NO)c3ccccc3S2(=O)=O)cc1. The lowest BCUT2D eigenvalue weighted by atomic mass is 10.1. The molecule has 0 saturated heterocycles. The number of amides is 2. The van der Waals surface area contributed by atoms with Crippen molar-refractivity contribution in [1.82, 2.24) is 5.48 Å². The molecule has 0 saturated carbocycles. The van der Waals surface area contributed by atoms with Crippen LogP contribution in [0.4, 0.5) is 5.69 Å². The molecular formula is C22H26N2O5S. The molecule has 1 aliphatic rings. The zero-order valence-electron chi connectivity index (χ0n) is 16.9. The van der Waals surface area contributed by atoms with Gasteiger partial charge in [0.05, 0.1) is 15.8 Å². The van der Waals surface area contributed by atoms with Gasteiger partial charge in [-0.05, 0) is 37.5 Å². The Kier molecular flexibility index (Phi) is 6.89. The molecule has 2 N–H and O–H groups in total. The highest BCUT2D eigenvalue weighted by atomic mass is 32.2.